The second-order valence-corrected chi connectivity index (χ2v) is 4.72. The maximum absolute atomic E-state index is 5.82. The lowest BCUT2D eigenvalue weighted by Crippen LogP contribution is -2.24. The van der Waals surface area contributed by atoms with Gasteiger partial charge >= 0.3 is 0 Å². The van der Waals surface area contributed by atoms with Gasteiger partial charge in [0.2, 0.25) is 0 Å². The minimum absolute atomic E-state index is 0.446. The summed E-state index contributed by atoms with van der Waals surface area (Å²) in [6.07, 6.45) is 3.58. The first-order valence-electron chi connectivity index (χ1n) is 5.58. The quantitative estimate of drug-likeness (QED) is 0.864. The molecule has 0 amide bonds. The van der Waals surface area contributed by atoms with Crippen molar-refractivity contribution in [1.29, 1.82) is 0 Å². The van der Waals surface area contributed by atoms with Gasteiger partial charge in [-0.2, -0.15) is 10.2 Å². The molecule has 0 bridgehead atoms. The van der Waals surface area contributed by atoms with Crippen LogP contribution in [0.5, 0.6) is 0 Å². The number of fused-ring (bicyclic) bond motifs is 1. The molecule has 17 heavy (non-hydrogen) atoms. The van der Waals surface area contributed by atoms with E-state index >= 15 is 0 Å². The summed E-state index contributed by atoms with van der Waals surface area (Å²) >= 11 is 5.81. The number of nitrogen functional groups attached to an aromatic ring is 1. The summed E-state index contributed by atoms with van der Waals surface area (Å²) in [6, 6.07) is 1.67. The molecule has 0 aliphatic carbocycles. The number of aryl methyl sites for hydroxylation is 1. The molecule has 0 spiro atoms. The summed E-state index contributed by atoms with van der Waals surface area (Å²) < 4.78 is 3.72. The Bertz CT molecular complexity index is 531. The Labute approximate surface area is 103 Å². The first-order chi connectivity index (χ1) is 8.22. The molecular formula is C10H13ClN6. The van der Waals surface area contributed by atoms with Crippen molar-refractivity contribution >= 4 is 17.4 Å². The van der Waals surface area contributed by atoms with Crippen LogP contribution in [0, 0.1) is 5.92 Å². The highest BCUT2D eigenvalue weighted by Crippen LogP contribution is 2.21. The molecule has 6 nitrogen and oxygen atoms in total. The number of halogens is 1. The van der Waals surface area contributed by atoms with Gasteiger partial charge in [-0.3, -0.25) is 4.68 Å². The van der Waals surface area contributed by atoms with Gasteiger partial charge in [-0.15, -0.1) is 0 Å². The molecule has 3 rings (SSSR count). The van der Waals surface area contributed by atoms with Gasteiger partial charge in [0.05, 0.1) is 0 Å². The van der Waals surface area contributed by atoms with Crippen LogP contribution in [0.3, 0.4) is 0 Å². The molecule has 0 fully saturated rings. The summed E-state index contributed by atoms with van der Waals surface area (Å²) in [5.74, 6) is 2.14. The minimum atomic E-state index is 0.446. The van der Waals surface area contributed by atoms with E-state index in [2.05, 4.69) is 15.2 Å². The maximum Gasteiger partial charge on any atom is 0.153 e. The minimum Gasteiger partial charge on any atom is -0.384 e. The molecule has 0 saturated carbocycles. The fourth-order valence-electron chi connectivity index (χ4n) is 2.24. The van der Waals surface area contributed by atoms with Crippen LogP contribution in [0.15, 0.2) is 12.4 Å². The summed E-state index contributed by atoms with van der Waals surface area (Å²) in [5.41, 5.74) is 5.82. The van der Waals surface area contributed by atoms with Gasteiger partial charge < -0.3 is 5.73 Å². The van der Waals surface area contributed by atoms with Crippen molar-refractivity contribution in [2.24, 2.45) is 5.92 Å². The standard InChI is InChI=1S/C10H13ClN6/c11-8-4-9(12)17(15-8)5-7-1-2-16-10(3-7)13-6-14-16/h4,6-7H,1-3,5,12H2. The molecule has 0 radical (unpaired) electrons. The van der Waals surface area contributed by atoms with Crippen LogP contribution in [0.4, 0.5) is 5.82 Å². The molecule has 0 aromatic carbocycles. The zero-order valence-electron chi connectivity index (χ0n) is 9.25. The Balaban J connectivity index is 1.74. The molecule has 1 unspecified atom stereocenters. The van der Waals surface area contributed by atoms with E-state index in [0.29, 0.717) is 16.9 Å². The number of rotatable bonds is 2. The zero-order chi connectivity index (χ0) is 11.8. The number of hydrogen-bond donors (Lipinski definition) is 1. The van der Waals surface area contributed by atoms with Crippen LogP contribution in [0.2, 0.25) is 5.15 Å². The van der Waals surface area contributed by atoms with E-state index < -0.39 is 0 Å². The van der Waals surface area contributed by atoms with Crippen LogP contribution in [-0.4, -0.2) is 24.5 Å². The maximum atomic E-state index is 5.82. The summed E-state index contributed by atoms with van der Waals surface area (Å²) in [6.45, 7) is 1.69. The fourth-order valence-corrected chi connectivity index (χ4v) is 2.45. The van der Waals surface area contributed by atoms with Gasteiger partial charge in [0.1, 0.15) is 18.0 Å². The molecular weight excluding hydrogens is 240 g/mol. The molecule has 1 aliphatic heterocycles. The van der Waals surface area contributed by atoms with E-state index in [0.717, 1.165) is 31.8 Å². The predicted octanol–water partition coefficient (Wildman–Crippen LogP) is 0.973. The van der Waals surface area contributed by atoms with Crippen LogP contribution in [-0.2, 0) is 19.5 Å². The van der Waals surface area contributed by atoms with Gasteiger partial charge in [0.25, 0.3) is 0 Å². The average Bonchev–Trinajstić information content (AvgIpc) is 2.85. The van der Waals surface area contributed by atoms with Crippen LogP contribution in [0.25, 0.3) is 0 Å². The highest BCUT2D eigenvalue weighted by atomic mass is 35.5. The fraction of sp³-hybridized carbons (Fsp3) is 0.500. The molecule has 7 heteroatoms. The predicted molar refractivity (Wildman–Crippen MR) is 63.5 cm³/mol. The van der Waals surface area contributed by atoms with Gasteiger partial charge in [0.15, 0.2) is 5.15 Å². The highest BCUT2D eigenvalue weighted by molar-refractivity contribution is 6.29. The first kappa shape index (κ1) is 10.6. The van der Waals surface area contributed by atoms with E-state index in [4.69, 9.17) is 17.3 Å². The monoisotopic (exact) mass is 252 g/mol. The SMILES string of the molecule is Nc1cc(Cl)nn1CC1CCn2ncnc2C1. The molecule has 2 aromatic heterocycles. The van der Waals surface area contributed by atoms with E-state index in [1.165, 1.54) is 0 Å². The number of anilines is 1. The van der Waals surface area contributed by atoms with Gasteiger partial charge in [-0.1, -0.05) is 11.6 Å². The highest BCUT2D eigenvalue weighted by Gasteiger charge is 2.21. The van der Waals surface area contributed by atoms with Crippen molar-refractivity contribution < 1.29 is 0 Å². The molecule has 2 N–H and O–H groups in total. The Hall–Kier alpha value is -1.56. The van der Waals surface area contributed by atoms with Gasteiger partial charge in [-0.05, 0) is 12.3 Å². The third-order valence-corrected chi connectivity index (χ3v) is 3.31. The lowest BCUT2D eigenvalue weighted by molar-refractivity contribution is 0.317. The number of nitrogens with two attached hydrogens (primary N) is 1. The van der Waals surface area contributed by atoms with E-state index in [9.17, 15) is 0 Å². The molecule has 2 aromatic rings. The zero-order valence-corrected chi connectivity index (χ0v) is 10.0. The summed E-state index contributed by atoms with van der Waals surface area (Å²) in [7, 11) is 0. The molecule has 1 aliphatic rings. The first-order valence-corrected chi connectivity index (χ1v) is 5.95. The number of nitrogens with zero attached hydrogens (tertiary/aromatic N) is 5. The third-order valence-electron chi connectivity index (χ3n) is 3.13. The van der Waals surface area contributed by atoms with Crippen molar-refractivity contribution in [3.05, 3.63) is 23.4 Å². The summed E-state index contributed by atoms with van der Waals surface area (Å²) in [5, 5.41) is 8.77. The Morgan fingerprint density at radius 1 is 1.53 bits per heavy atom. The van der Waals surface area contributed by atoms with Crippen LogP contribution < -0.4 is 5.73 Å². The van der Waals surface area contributed by atoms with Crippen molar-refractivity contribution in [3.8, 4) is 0 Å². The molecule has 1 atom stereocenters. The number of hydrogen-bond acceptors (Lipinski definition) is 4. The average molecular weight is 253 g/mol. The molecule has 3 heterocycles. The van der Waals surface area contributed by atoms with E-state index in [1.54, 1.807) is 17.1 Å². The lowest BCUT2D eigenvalue weighted by atomic mass is 9.98. The lowest BCUT2D eigenvalue weighted by Gasteiger charge is -2.22. The van der Waals surface area contributed by atoms with Gasteiger partial charge in [-0.25, -0.2) is 9.67 Å². The Morgan fingerprint density at radius 3 is 3.18 bits per heavy atom. The van der Waals surface area contributed by atoms with Crippen molar-refractivity contribution in [2.75, 3.05) is 5.73 Å². The Morgan fingerprint density at radius 2 is 2.41 bits per heavy atom. The van der Waals surface area contributed by atoms with Crippen LogP contribution in [0.1, 0.15) is 12.2 Å². The van der Waals surface area contributed by atoms with E-state index in [1.807, 2.05) is 4.68 Å². The van der Waals surface area contributed by atoms with Gasteiger partial charge in [0, 0.05) is 25.6 Å². The van der Waals surface area contributed by atoms with Crippen molar-refractivity contribution in [2.45, 2.75) is 25.9 Å². The molecule has 90 valence electrons. The van der Waals surface area contributed by atoms with Crippen molar-refractivity contribution in [3.63, 3.8) is 0 Å². The smallest absolute Gasteiger partial charge is 0.153 e. The van der Waals surface area contributed by atoms with Crippen molar-refractivity contribution in [1.82, 2.24) is 24.5 Å². The third kappa shape index (κ3) is 2.00. The second kappa shape index (κ2) is 4.03. The normalized spacial score (nSPS) is 19.2. The van der Waals surface area contributed by atoms with E-state index in [-0.39, 0.29) is 0 Å². The topological polar surface area (TPSA) is 74.5 Å². The van der Waals surface area contributed by atoms with Crippen LogP contribution >= 0.6 is 11.6 Å². The number of aromatic nitrogens is 5. The molecule has 0 saturated heterocycles. The largest absolute Gasteiger partial charge is 0.384 e. The second-order valence-electron chi connectivity index (χ2n) is 4.33. The summed E-state index contributed by atoms with van der Waals surface area (Å²) in [4.78, 5) is 4.24. The Kier molecular flexibility index (Phi) is 2.51.